The predicted molar refractivity (Wildman–Crippen MR) is 94.6 cm³/mol. The number of carbonyl (C=O) groups excluding carboxylic acids is 3. The Bertz CT molecular complexity index is 789. The molecule has 0 saturated heterocycles. The summed E-state index contributed by atoms with van der Waals surface area (Å²) in [7, 11) is -4.86. The van der Waals surface area contributed by atoms with Gasteiger partial charge in [0.2, 0.25) is 0 Å². The molecule has 0 aliphatic heterocycles. The molecule has 0 aliphatic rings. The number of esters is 2. The Balaban J connectivity index is 3.02. The molecule has 13 heteroatoms. The highest BCUT2D eigenvalue weighted by molar-refractivity contribution is 7.51. The lowest BCUT2D eigenvalue weighted by atomic mass is 10.2. The summed E-state index contributed by atoms with van der Waals surface area (Å²) in [4.78, 5) is 65.4. The van der Waals surface area contributed by atoms with Crippen molar-refractivity contribution in [3.05, 3.63) is 35.9 Å². The van der Waals surface area contributed by atoms with Crippen LogP contribution in [0, 0.1) is 0 Å². The Morgan fingerprint density at radius 2 is 1.62 bits per heavy atom. The molecule has 0 radical (unpaired) electrons. The van der Waals surface area contributed by atoms with Gasteiger partial charge >= 0.3 is 37.9 Å². The molecule has 0 bridgehead atoms. The van der Waals surface area contributed by atoms with Gasteiger partial charge in [-0.2, -0.15) is 0 Å². The van der Waals surface area contributed by atoms with Crippen molar-refractivity contribution in [3.8, 4) is 0 Å². The minimum absolute atomic E-state index is 0.0171. The number of aliphatic carboxylic acids is 1. The molecule has 29 heavy (non-hydrogen) atoms. The number of hydrogen-bond donors (Lipinski definition) is 3. The van der Waals surface area contributed by atoms with E-state index in [1.54, 1.807) is 6.07 Å². The van der Waals surface area contributed by atoms with Crippen molar-refractivity contribution >= 4 is 31.6 Å². The SMILES string of the molecule is CC(C)OC(=O)C(OC(=O)c1ccccc1)OC(=O)N(CC(=O)O)CP(=O)(O)O. The lowest BCUT2D eigenvalue weighted by Crippen LogP contribution is -2.42. The molecule has 1 rings (SSSR count). The topological polar surface area (TPSA) is 177 Å². The average Bonchev–Trinajstić information content (AvgIpc) is 2.59. The van der Waals surface area contributed by atoms with E-state index in [1.807, 2.05) is 0 Å². The van der Waals surface area contributed by atoms with E-state index in [1.165, 1.54) is 38.1 Å². The van der Waals surface area contributed by atoms with E-state index in [0.29, 0.717) is 0 Å². The number of nitrogens with zero attached hydrogens (tertiary/aromatic N) is 1. The zero-order chi connectivity index (χ0) is 22.2. The van der Waals surface area contributed by atoms with Gasteiger partial charge in [-0.25, -0.2) is 14.4 Å². The van der Waals surface area contributed by atoms with Gasteiger partial charge in [0.05, 0.1) is 11.7 Å². The van der Waals surface area contributed by atoms with Crippen LogP contribution in [0.2, 0.25) is 0 Å². The van der Waals surface area contributed by atoms with Crippen molar-refractivity contribution in [3.63, 3.8) is 0 Å². The number of amides is 1. The summed E-state index contributed by atoms with van der Waals surface area (Å²) in [5.74, 6) is -3.93. The molecule has 0 fully saturated rings. The summed E-state index contributed by atoms with van der Waals surface area (Å²) in [6.45, 7) is 1.81. The largest absolute Gasteiger partial charge is 0.480 e. The third-order valence-electron chi connectivity index (χ3n) is 2.91. The van der Waals surface area contributed by atoms with E-state index in [0.717, 1.165) is 0 Å². The van der Waals surface area contributed by atoms with E-state index in [4.69, 9.17) is 24.4 Å². The fraction of sp³-hybridized carbons (Fsp3) is 0.375. The van der Waals surface area contributed by atoms with Gasteiger partial charge < -0.3 is 29.1 Å². The van der Waals surface area contributed by atoms with Gasteiger partial charge in [-0.1, -0.05) is 18.2 Å². The van der Waals surface area contributed by atoms with Gasteiger partial charge in [0.1, 0.15) is 12.8 Å². The fourth-order valence-electron chi connectivity index (χ4n) is 1.87. The first-order chi connectivity index (χ1) is 13.4. The highest BCUT2D eigenvalue weighted by Gasteiger charge is 2.34. The molecule has 0 heterocycles. The van der Waals surface area contributed by atoms with Crippen molar-refractivity contribution in [1.29, 1.82) is 0 Å². The zero-order valence-electron chi connectivity index (χ0n) is 15.5. The summed E-state index contributed by atoms with van der Waals surface area (Å²) in [5, 5.41) is 8.81. The zero-order valence-corrected chi connectivity index (χ0v) is 16.4. The molecule has 0 spiro atoms. The average molecular weight is 433 g/mol. The highest BCUT2D eigenvalue weighted by atomic mass is 31.2. The van der Waals surface area contributed by atoms with Crippen molar-refractivity contribution in [2.24, 2.45) is 0 Å². The minimum Gasteiger partial charge on any atom is -0.480 e. The van der Waals surface area contributed by atoms with Crippen LogP contribution in [0.4, 0.5) is 4.79 Å². The van der Waals surface area contributed by atoms with Crippen LogP contribution in [0.25, 0.3) is 0 Å². The van der Waals surface area contributed by atoms with Crippen molar-refractivity contribution in [2.75, 3.05) is 12.8 Å². The summed E-state index contributed by atoms with van der Waals surface area (Å²) in [5.41, 5.74) is 0.0171. The van der Waals surface area contributed by atoms with Gasteiger partial charge in [-0.15, -0.1) is 0 Å². The molecular formula is C16H20NO11P. The van der Waals surface area contributed by atoms with E-state index in [-0.39, 0.29) is 10.5 Å². The van der Waals surface area contributed by atoms with Gasteiger partial charge in [-0.3, -0.25) is 14.3 Å². The van der Waals surface area contributed by atoms with E-state index in [2.05, 4.69) is 4.74 Å². The first kappa shape index (κ1) is 24.1. The molecular weight excluding hydrogens is 413 g/mol. The summed E-state index contributed by atoms with van der Waals surface area (Å²) >= 11 is 0. The van der Waals surface area contributed by atoms with Crippen LogP contribution in [0.1, 0.15) is 24.2 Å². The molecule has 1 aromatic rings. The van der Waals surface area contributed by atoms with Crippen LogP contribution >= 0.6 is 7.60 Å². The second-order valence-electron chi connectivity index (χ2n) is 5.87. The predicted octanol–water partition coefficient (Wildman–Crippen LogP) is 0.780. The minimum atomic E-state index is -4.86. The van der Waals surface area contributed by atoms with Gasteiger partial charge in [0.15, 0.2) is 0 Å². The molecule has 1 unspecified atom stereocenters. The standard InChI is InChI=1S/C16H20NO11P/c1-10(2)26-14(21)15(27-13(20)11-6-4-3-5-7-11)28-16(22)17(8-12(18)19)9-29(23,24)25/h3-7,10,15H,8-9H2,1-2H3,(H,18,19)(H2,23,24,25). The van der Waals surface area contributed by atoms with Crippen LogP contribution in [0.15, 0.2) is 30.3 Å². The molecule has 12 nitrogen and oxygen atoms in total. The highest BCUT2D eigenvalue weighted by Crippen LogP contribution is 2.35. The van der Waals surface area contributed by atoms with Crippen molar-refractivity contribution in [1.82, 2.24) is 4.90 Å². The van der Waals surface area contributed by atoms with Gasteiger partial charge in [0, 0.05) is 0 Å². The number of carbonyl (C=O) groups is 4. The number of benzene rings is 1. The van der Waals surface area contributed by atoms with Gasteiger partial charge in [0.25, 0.3) is 0 Å². The molecule has 1 atom stereocenters. The van der Waals surface area contributed by atoms with Crippen LogP contribution in [-0.4, -0.2) is 69.0 Å². The molecule has 0 saturated carbocycles. The van der Waals surface area contributed by atoms with Crippen LogP contribution in [-0.2, 0) is 28.4 Å². The number of carboxylic acid groups (broad SMARTS) is 1. The molecule has 0 aromatic heterocycles. The van der Waals surface area contributed by atoms with Gasteiger partial charge in [-0.05, 0) is 26.0 Å². The number of rotatable bonds is 9. The Hall–Kier alpha value is -2.95. The summed E-state index contributed by atoms with van der Waals surface area (Å²) in [6, 6.07) is 7.36. The number of hydrogen-bond acceptors (Lipinski definition) is 8. The smallest absolute Gasteiger partial charge is 0.414 e. The normalized spacial score (nSPS) is 12.0. The van der Waals surface area contributed by atoms with Crippen molar-refractivity contribution in [2.45, 2.75) is 26.2 Å². The van der Waals surface area contributed by atoms with E-state index >= 15 is 0 Å². The Kier molecular flexibility index (Phi) is 8.77. The Labute approximate surface area is 165 Å². The van der Waals surface area contributed by atoms with Crippen LogP contribution in [0.5, 0.6) is 0 Å². The Morgan fingerprint density at radius 1 is 1.03 bits per heavy atom. The third kappa shape index (κ3) is 9.19. The van der Waals surface area contributed by atoms with E-state index in [9.17, 15) is 23.7 Å². The van der Waals surface area contributed by atoms with Crippen LogP contribution in [0.3, 0.4) is 0 Å². The lowest BCUT2D eigenvalue weighted by molar-refractivity contribution is -0.179. The second-order valence-corrected chi connectivity index (χ2v) is 7.48. The molecule has 1 aromatic carbocycles. The van der Waals surface area contributed by atoms with E-state index < -0.39 is 56.8 Å². The Morgan fingerprint density at radius 3 is 2.10 bits per heavy atom. The fourth-order valence-corrected chi connectivity index (χ4v) is 2.53. The summed E-state index contributed by atoms with van der Waals surface area (Å²) in [6.07, 6.45) is -5.81. The lowest BCUT2D eigenvalue weighted by Gasteiger charge is -2.24. The third-order valence-corrected chi connectivity index (χ3v) is 3.62. The molecule has 0 aliphatic carbocycles. The maximum absolute atomic E-state index is 12.2. The molecule has 160 valence electrons. The first-order valence-corrected chi connectivity index (χ1v) is 9.87. The number of carboxylic acids is 1. The quantitative estimate of drug-likeness (QED) is 0.285. The van der Waals surface area contributed by atoms with Crippen molar-refractivity contribution < 1.29 is 52.8 Å². The second kappa shape index (κ2) is 10.6. The molecule has 1 amide bonds. The monoisotopic (exact) mass is 433 g/mol. The van der Waals surface area contributed by atoms with Crippen LogP contribution < -0.4 is 0 Å². The molecule has 3 N–H and O–H groups in total. The first-order valence-electron chi connectivity index (χ1n) is 8.07. The summed E-state index contributed by atoms with van der Waals surface area (Å²) < 4.78 is 25.5. The maximum atomic E-state index is 12.2. The number of ether oxygens (including phenoxy) is 3. The maximum Gasteiger partial charge on any atom is 0.414 e.